The minimum atomic E-state index is -0.903. The van der Waals surface area contributed by atoms with E-state index in [0.29, 0.717) is 16.9 Å². The van der Waals surface area contributed by atoms with Crippen LogP contribution < -0.4 is 4.74 Å². The molecular formula is C14H11BrF2O2. The third-order valence-corrected chi connectivity index (χ3v) is 3.06. The zero-order valence-electron chi connectivity index (χ0n) is 9.87. The highest BCUT2D eigenvalue weighted by atomic mass is 79.9. The van der Waals surface area contributed by atoms with Gasteiger partial charge in [0.2, 0.25) is 0 Å². The van der Waals surface area contributed by atoms with E-state index in [-0.39, 0.29) is 13.2 Å². The van der Waals surface area contributed by atoms with Crippen molar-refractivity contribution in [1.82, 2.24) is 0 Å². The summed E-state index contributed by atoms with van der Waals surface area (Å²) in [6.45, 7) is -0.0572. The molecular weight excluding hydrogens is 318 g/mol. The predicted octanol–water partition coefficient (Wildman–Crippen LogP) is 3.80. The minimum absolute atomic E-state index is 0.103. The van der Waals surface area contributed by atoms with Crippen LogP contribution >= 0.6 is 15.9 Å². The van der Waals surface area contributed by atoms with Crippen LogP contribution in [0.3, 0.4) is 0 Å². The SMILES string of the molecule is OCc1cc(Br)ccc1OCc1ccc(F)c(F)c1. The maximum Gasteiger partial charge on any atom is 0.159 e. The lowest BCUT2D eigenvalue weighted by molar-refractivity contribution is 0.258. The molecule has 0 saturated heterocycles. The highest BCUT2D eigenvalue weighted by Gasteiger charge is 2.06. The maximum absolute atomic E-state index is 13.0. The van der Waals surface area contributed by atoms with E-state index in [2.05, 4.69) is 15.9 Å². The van der Waals surface area contributed by atoms with Gasteiger partial charge < -0.3 is 9.84 Å². The molecule has 0 amide bonds. The molecule has 0 radical (unpaired) electrons. The third-order valence-electron chi connectivity index (χ3n) is 2.57. The summed E-state index contributed by atoms with van der Waals surface area (Å²) >= 11 is 3.29. The van der Waals surface area contributed by atoms with E-state index in [1.54, 1.807) is 18.2 Å². The summed E-state index contributed by atoms with van der Waals surface area (Å²) < 4.78 is 32.1. The molecule has 5 heteroatoms. The molecule has 0 spiro atoms. The number of rotatable bonds is 4. The topological polar surface area (TPSA) is 29.5 Å². The number of hydrogen-bond acceptors (Lipinski definition) is 2. The van der Waals surface area contributed by atoms with Gasteiger partial charge in [-0.2, -0.15) is 0 Å². The predicted molar refractivity (Wildman–Crippen MR) is 70.8 cm³/mol. The van der Waals surface area contributed by atoms with Crippen molar-refractivity contribution in [1.29, 1.82) is 0 Å². The fourth-order valence-corrected chi connectivity index (χ4v) is 2.01. The maximum atomic E-state index is 13.0. The van der Waals surface area contributed by atoms with E-state index in [4.69, 9.17) is 4.74 Å². The molecule has 2 aromatic rings. The van der Waals surface area contributed by atoms with Gasteiger partial charge in [-0.15, -0.1) is 0 Å². The quantitative estimate of drug-likeness (QED) is 0.925. The number of aliphatic hydroxyl groups excluding tert-OH is 1. The lowest BCUT2D eigenvalue weighted by Gasteiger charge is -2.10. The van der Waals surface area contributed by atoms with E-state index >= 15 is 0 Å². The molecule has 19 heavy (non-hydrogen) atoms. The normalized spacial score (nSPS) is 10.5. The van der Waals surface area contributed by atoms with Gasteiger partial charge in [0.15, 0.2) is 11.6 Å². The smallest absolute Gasteiger partial charge is 0.159 e. The first-order valence-corrected chi connectivity index (χ1v) is 6.35. The van der Waals surface area contributed by atoms with E-state index in [9.17, 15) is 13.9 Å². The molecule has 0 aliphatic rings. The Morgan fingerprint density at radius 1 is 1.05 bits per heavy atom. The lowest BCUT2D eigenvalue weighted by Crippen LogP contribution is -2.00. The van der Waals surface area contributed by atoms with Crippen molar-refractivity contribution in [3.63, 3.8) is 0 Å². The van der Waals surface area contributed by atoms with Gasteiger partial charge in [-0.25, -0.2) is 8.78 Å². The molecule has 0 aliphatic heterocycles. The molecule has 1 N–H and O–H groups in total. The fourth-order valence-electron chi connectivity index (χ4n) is 1.60. The van der Waals surface area contributed by atoms with Crippen LogP contribution in [0.4, 0.5) is 8.78 Å². The Labute approximate surface area is 117 Å². The summed E-state index contributed by atoms with van der Waals surface area (Å²) in [5, 5.41) is 9.21. The average molecular weight is 329 g/mol. The molecule has 2 rings (SSSR count). The number of hydrogen-bond donors (Lipinski definition) is 1. The molecule has 2 aromatic carbocycles. The van der Waals surface area contributed by atoms with Crippen LogP contribution in [0.15, 0.2) is 40.9 Å². The lowest BCUT2D eigenvalue weighted by atomic mass is 10.2. The second-order valence-corrected chi connectivity index (χ2v) is 4.86. The second kappa shape index (κ2) is 6.12. The molecule has 0 heterocycles. The molecule has 0 aliphatic carbocycles. The summed E-state index contributed by atoms with van der Waals surface area (Å²) in [7, 11) is 0. The molecule has 0 bridgehead atoms. The number of halogens is 3. The van der Waals surface area contributed by atoms with Crippen molar-refractivity contribution in [3.05, 3.63) is 63.6 Å². The van der Waals surface area contributed by atoms with Crippen molar-refractivity contribution < 1.29 is 18.6 Å². The summed E-state index contributed by atoms with van der Waals surface area (Å²) in [5.41, 5.74) is 1.14. The minimum Gasteiger partial charge on any atom is -0.489 e. The van der Waals surface area contributed by atoms with Crippen molar-refractivity contribution in [2.24, 2.45) is 0 Å². The van der Waals surface area contributed by atoms with E-state index in [1.807, 2.05) is 0 Å². The summed E-state index contributed by atoms with van der Waals surface area (Å²) in [6.07, 6.45) is 0. The Balaban J connectivity index is 2.12. The third kappa shape index (κ3) is 3.52. The highest BCUT2D eigenvalue weighted by molar-refractivity contribution is 9.10. The van der Waals surface area contributed by atoms with E-state index in [1.165, 1.54) is 6.07 Å². The first-order valence-electron chi connectivity index (χ1n) is 5.56. The highest BCUT2D eigenvalue weighted by Crippen LogP contribution is 2.24. The Morgan fingerprint density at radius 3 is 2.53 bits per heavy atom. The van der Waals surface area contributed by atoms with Gasteiger partial charge in [0.1, 0.15) is 12.4 Å². The Morgan fingerprint density at radius 2 is 1.84 bits per heavy atom. The number of benzene rings is 2. The number of aliphatic hydroxyl groups is 1. The van der Waals surface area contributed by atoms with Gasteiger partial charge in [-0.3, -0.25) is 0 Å². The molecule has 2 nitrogen and oxygen atoms in total. The van der Waals surface area contributed by atoms with Crippen LogP contribution in [0.5, 0.6) is 5.75 Å². The fraction of sp³-hybridized carbons (Fsp3) is 0.143. The van der Waals surface area contributed by atoms with Crippen LogP contribution in [0.2, 0.25) is 0 Å². The van der Waals surface area contributed by atoms with Gasteiger partial charge in [0.25, 0.3) is 0 Å². The number of ether oxygens (including phenoxy) is 1. The first kappa shape index (κ1) is 14.0. The van der Waals surface area contributed by atoms with Crippen molar-refractivity contribution >= 4 is 15.9 Å². The van der Waals surface area contributed by atoms with Crippen LogP contribution in [-0.2, 0) is 13.2 Å². The van der Waals surface area contributed by atoms with Gasteiger partial charge in [-0.1, -0.05) is 22.0 Å². The van der Waals surface area contributed by atoms with Gasteiger partial charge in [-0.05, 0) is 35.9 Å². The van der Waals surface area contributed by atoms with Crippen LogP contribution in [-0.4, -0.2) is 5.11 Å². The second-order valence-electron chi connectivity index (χ2n) is 3.95. The average Bonchev–Trinajstić information content (AvgIpc) is 2.41. The summed E-state index contributed by atoms with van der Waals surface area (Å²) in [4.78, 5) is 0. The van der Waals surface area contributed by atoms with Gasteiger partial charge in [0.05, 0.1) is 6.61 Å². The first-order chi connectivity index (χ1) is 9.10. The van der Waals surface area contributed by atoms with Crippen molar-refractivity contribution in [2.45, 2.75) is 13.2 Å². The zero-order chi connectivity index (χ0) is 13.8. The molecule has 0 unspecified atom stereocenters. The van der Waals surface area contributed by atoms with E-state index < -0.39 is 11.6 Å². The van der Waals surface area contributed by atoms with Crippen molar-refractivity contribution in [2.75, 3.05) is 0 Å². The molecule has 0 atom stereocenters. The van der Waals surface area contributed by atoms with Crippen LogP contribution in [0, 0.1) is 11.6 Å². The largest absolute Gasteiger partial charge is 0.489 e. The summed E-state index contributed by atoms with van der Waals surface area (Å²) in [6, 6.07) is 8.82. The van der Waals surface area contributed by atoms with Crippen LogP contribution in [0.25, 0.3) is 0 Å². The van der Waals surface area contributed by atoms with Gasteiger partial charge in [0, 0.05) is 10.0 Å². The van der Waals surface area contributed by atoms with Crippen molar-refractivity contribution in [3.8, 4) is 5.75 Å². The van der Waals surface area contributed by atoms with Gasteiger partial charge >= 0.3 is 0 Å². The zero-order valence-corrected chi connectivity index (χ0v) is 11.5. The van der Waals surface area contributed by atoms with Crippen LogP contribution in [0.1, 0.15) is 11.1 Å². The summed E-state index contributed by atoms with van der Waals surface area (Å²) in [5.74, 6) is -1.28. The Hall–Kier alpha value is -1.46. The molecule has 100 valence electrons. The molecule has 0 saturated carbocycles. The van der Waals surface area contributed by atoms with E-state index in [0.717, 1.165) is 16.6 Å². The Kier molecular flexibility index (Phi) is 4.50. The molecule has 0 fully saturated rings. The molecule has 0 aromatic heterocycles. The monoisotopic (exact) mass is 328 g/mol. The standard InChI is InChI=1S/C14H11BrF2O2/c15-11-2-4-14(10(6-11)7-18)19-8-9-1-3-12(16)13(17)5-9/h1-6,18H,7-8H2. The Bertz CT molecular complexity index is 588.